The number of fused-ring (bicyclic) bond motifs is 1. The summed E-state index contributed by atoms with van der Waals surface area (Å²) in [5.41, 5.74) is 3.36. The Kier molecular flexibility index (Phi) is 4.61. The van der Waals surface area contributed by atoms with Crippen LogP contribution in [0.3, 0.4) is 0 Å². The molecule has 8 heteroatoms. The molecule has 1 aliphatic rings. The fourth-order valence-corrected chi connectivity index (χ4v) is 3.07. The summed E-state index contributed by atoms with van der Waals surface area (Å²) < 4.78 is 6.65. The van der Waals surface area contributed by atoms with E-state index >= 15 is 0 Å². The van der Waals surface area contributed by atoms with Crippen LogP contribution in [0.4, 0.5) is 0 Å². The molecule has 0 fully saturated rings. The fourth-order valence-electron chi connectivity index (χ4n) is 3.07. The van der Waals surface area contributed by atoms with Crippen LogP contribution < -0.4 is 0 Å². The average molecular weight is 363 g/mol. The van der Waals surface area contributed by atoms with E-state index in [0.29, 0.717) is 24.3 Å². The van der Waals surface area contributed by atoms with Gasteiger partial charge in [0.1, 0.15) is 6.33 Å². The average Bonchev–Trinajstić information content (AvgIpc) is 3.26. The number of rotatable bonds is 4. The topological polar surface area (TPSA) is 90.2 Å². The molecule has 136 valence electrons. The van der Waals surface area contributed by atoms with Crippen molar-refractivity contribution in [3.05, 3.63) is 71.5 Å². The highest BCUT2D eigenvalue weighted by atomic mass is 16.5. The maximum Gasteiger partial charge on any atom is 0.338 e. The van der Waals surface area contributed by atoms with E-state index in [1.54, 1.807) is 29.2 Å². The minimum absolute atomic E-state index is 0.200. The van der Waals surface area contributed by atoms with Gasteiger partial charge in [-0.3, -0.25) is 4.79 Å². The Balaban J connectivity index is 1.37. The second-order valence-corrected chi connectivity index (χ2v) is 6.21. The minimum atomic E-state index is -0.560. The van der Waals surface area contributed by atoms with Crippen molar-refractivity contribution >= 4 is 11.9 Å². The maximum atomic E-state index is 12.4. The first kappa shape index (κ1) is 16.9. The molecule has 8 nitrogen and oxygen atoms in total. The van der Waals surface area contributed by atoms with Crippen molar-refractivity contribution < 1.29 is 14.3 Å². The monoisotopic (exact) mass is 363 g/mol. The highest BCUT2D eigenvalue weighted by molar-refractivity contribution is 5.91. The summed E-state index contributed by atoms with van der Waals surface area (Å²) in [6.07, 6.45) is 2.24. The van der Waals surface area contributed by atoms with Gasteiger partial charge in [0.2, 0.25) is 0 Å². The van der Waals surface area contributed by atoms with Crippen LogP contribution in [0, 0.1) is 0 Å². The lowest BCUT2D eigenvalue weighted by Gasteiger charge is -2.28. The minimum Gasteiger partial charge on any atom is -0.452 e. The first-order chi connectivity index (χ1) is 13.2. The van der Waals surface area contributed by atoms with Crippen molar-refractivity contribution in [2.24, 2.45) is 0 Å². The summed E-state index contributed by atoms with van der Waals surface area (Å²) in [4.78, 5) is 26.4. The Morgan fingerprint density at radius 2 is 1.93 bits per heavy atom. The van der Waals surface area contributed by atoms with Gasteiger partial charge in [-0.15, -0.1) is 5.10 Å². The highest BCUT2D eigenvalue weighted by Crippen LogP contribution is 2.18. The summed E-state index contributed by atoms with van der Waals surface area (Å²) in [5, 5.41) is 10.9. The van der Waals surface area contributed by atoms with Crippen LogP contribution in [0.2, 0.25) is 0 Å². The van der Waals surface area contributed by atoms with E-state index in [-0.39, 0.29) is 12.5 Å². The molecular weight excluding hydrogens is 346 g/mol. The number of hydrogen-bond acceptors (Lipinski definition) is 6. The lowest BCUT2D eigenvalue weighted by molar-refractivity contribution is -0.135. The molecule has 0 radical (unpaired) electrons. The van der Waals surface area contributed by atoms with E-state index in [0.717, 1.165) is 12.0 Å². The number of hydrogen-bond donors (Lipinski definition) is 0. The van der Waals surface area contributed by atoms with Gasteiger partial charge in [-0.1, -0.05) is 30.3 Å². The maximum absolute atomic E-state index is 12.4. The third-order valence-corrected chi connectivity index (χ3v) is 4.51. The Bertz CT molecular complexity index is 971. The molecule has 0 atom stereocenters. The van der Waals surface area contributed by atoms with E-state index in [1.165, 1.54) is 16.6 Å². The molecule has 0 aliphatic carbocycles. The van der Waals surface area contributed by atoms with Crippen molar-refractivity contribution in [2.75, 3.05) is 13.2 Å². The molecule has 3 aromatic rings. The van der Waals surface area contributed by atoms with Gasteiger partial charge in [0.05, 0.1) is 11.3 Å². The van der Waals surface area contributed by atoms with Crippen molar-refractivity contribution in [1.29, 1.82) is 0 Å². The summed E-state index contributed by atoms with van der Waals surface area (Å²) in [6.45, 7) is 0.889. The van der Waals surface area contributed by atoms with Crippen molar-refractivity contribution in [1.82, 2.24) is 25.1 Å². The van der Waals surface area contributed by atoms with Crippen molar-refractivity contribution in [2.45, 2.75) is 13.0 Å². The normalized spacial score (nSPS) is 13.1. The summed E-state index contributed by atoms with van der Waals surface area (Å²) in [6, 6.07) is 14.8. The van der Waals surface area contributed by atoms with Gasteiger partial charge in [-0.25, -0.2) is 9.48 Å². The molecule has 1 amide bonds. The highest BCUT2D eigenvalue weighted by Gasteiger charge is 2.21. The molecule has 1 aliphatic heterocycles. The lowest BCUT2D eigenvalue weighted by Crippen LogP contribution is -2.38. The lowest BCUT2D eigenvalue weighted by atomic mass is 10.00. The molecule has 0 spiro atoms. The number of carbonyl (C=O) groups excluding carboxylic acids is 2. The van der Waals surface area contributed by atoms with E-state index in [1.807, 2.05) is 18.2 Å². The Hall–Kier alpha value is -3.55. The van der Waals surface area contributed by atoms with Crippen molar-refractivity contribution in [3.63, 3.8) is 0 Å². The van der Waals surface area contributed by atoms with E-state index in [9.17, 15) is 9.59 Å². The number of tetrazole rings is 1. The molecule has 2 aromatic carbocycles. The largest absolute Gasteiger partial charge is 0.452 e. The van der Waals surface area contributed by atoms with Gasteiger partial charge < -0.3 is 9.64 Å². The molecule has 4 rings (SSSR count). The van der Waals surface area contributed by atoms with Gasteiger partial charge in [0.25, 0.3) is 5.91 Å². The zero-order chi connectivity index (χ0) is 18.6. The zero-order valence-corrected chi connectivity index (χ0v) is 14.5. The van der Waals surface area contributed by atoms with E-state index in [4.69, 9.17) is 4.74 Å². The van der Waals surface area contributed by atoms with Gasteiger partial charge in [0.15, 0.2) is 6.61 Å². The smallest absolute Gasteiger partial charge is 0.338 e. The van der Waals surface area contributed by atoms with Gasteiger partial charge in [-0.05, 0) is 46.2 Å². The Labute approximate surface area is 155 Å². The number of nitrogens with zero attached hydrogens (tertiary/aromatic N) is 5. The van der Waals surface area contributed by atoms with Gasteiger partial charge in [-0.2, -0.15) is 0 Å². The quantitative estimate of drug-likeness (QED) is 0.651. The summed E-state index contributed by atoms with van der Waals surface area (Å²) in [7, 11) is 0. The number of esters is 1. The van der Waals surface area contributed by atoms with Gasteiger partial charge in [0, 0.05) is 13.1 Å². The Morgan fingerprint density at radius 3 is 2.74 bits per heavy atom. The molecule has 0 saturated heterocycles. The fraction of sp³-hybridized carbons (Fsp3) is 0.211. The second-order valence-electron chi connectivity index (χ2n) is 6.21. The summed E-state index contributed by atoms with van der Waals surface area (Å²) >= 11 is 0. The molecule has 0 N–H and O–H groups in total. The van der Waals surface area contributed by atoms with E-state index < -0.39 is 5.97 Å². The molecule has 27 heavy (non-hydrogen) atoms. The molecule has 2 heterocycles. The zero-order valence-electron chi connectivity index (χ0n) is 14.5. The molecular formula is C19H17N5O3. The number of ether oxygens (including phenoxy) is 1. The number of amides is 1. The molecule has 0 bridgehead atoms. The van der Waals surface area contributed by atoms with Crippen molar-refractivity contribution in [3.8, 4) is 5.69 Å². The number of aromatic nitrogens is 4. The van der Waals surface area contributed by atoms with Gasteiger partial charge >= 0.3 is 5.97 Å². The van der Waals surface area contributed by atoms with Crippen LogP contribution >= 0.6 is 0 Å². The SMILES string of the molecule is O=C(OCC(=O)N1CCc2ccccc2C1)c1cccc(-n2cnnn2)c1. The predicted octanol–water partition coefficient (Wildman–Crippen LogP) is 1.40. The third-order valence-electron chi connectivity index (χ3n) is 4.51. The van der Waals surface area contributed by atoms with E-state index in [2.05, 4.69) is 21.6 Å². The van der Waals surface area contributed by atoms with Crippen LogP contribution in [0.5, 0.6) is 0 Å². The number of carbonyl (C=O) groups is 2. The molecule has 0 saturated carbocycles. The third kappa shape index (κ3) is 3.69. The van der Waals surface area contributed by atoms with Crippen LogP contribution in [-0.4, -0.2) is 50.1 Å². The van der Waals surface area contributed by atoms with Crippen LogP contribution in [-0.2, 0) is 22.5 Å². The first-order valence-corrected chi connectivity index (χ1v) is 8.56. The standard InChI is InChI=1S/C19H17N5O3/c25-18(23-9-8-14-4-1-2-5-16(14)11-23)12-27-19(26)15-6-3-7-17(10-15)24-13-20-21-22-24/h1-7,10,13H,8-9,11-12H2. The van der Waals surface area contributed by atoms with Crippen LogP contribution in [0.15, 0.2) is 54.9 Å². The summed E-state index contributed by atoms with van der Waals surface area (Å²) in [5.74, 6) is -0.759. The molecule has 1 aromatic heterocycles. The predicted molar refractivity (Wildman–Crippen MR) is 95.0 cm³/mol. The number of benzene rings is 2. The second kappa shape index (κ2) is 7.36. The Morgan fingerprint density at radius 1 is 1.07 bits per heavy atom. The molecule has 0 unspecified atom stereocenters. The van der Waals surface area contributed by atoms with Crippen LogP contribution in [0.25, 0.3) is 5.69 Å². The first-order valence-electron chi connectivity index (χ1n) is 8.56. The van der Waals surface area contributed by atoms with Crippen LogP contribution in [0.1, 0.15) is 21.5 Å².